The molecule has 156 valence electrons. The molecule has 3 rings (SSSR count). The Hall–Kier alpha value is -3.00. The van der Waals surface area contributed by atoms with E-state index in [-0.39, 0.29) is 29.0 Å². The second kappa shape index (κ2) is 9.21. The van der Waals surface area contributed by atoms with Gasteiger partial charge < -0.3 is 9.47 Å². The fourth-order valence-electron chi connectivity index (χ4n) is 2.89. The van der Waals surface area contributed by atoms with Crippen LogP contribution in [-0.2, 0) is 11.3 Å². The van der Waals surface area contributed by atoms with Gasteiger partial charge in [-0.25, -0.2) is 13.6 Å². The molecule has 0 aliphatic rings. The first-order valence-corrected chi connectivity index (χ1v) is 9.87. The Bertz CT molecular complexity index is 1160. The summed E-state index contributed by atoms with van der Waals surface area (Å²) < 4.78 is 39.0. The molecule has 0 N–H and O–H groups in total. The van der Waals surface area contributed by atoms with Crippen molar-refractivity contribution < 1.29 is 23.0 Å². The smallest absolute Gasteiger partial charge is 0.338 e. The van der Waals surface area contributed by atoms with E-state index >= 15 is 0 Å². The predicted octanol–water partition coefficient (Wildman–Crippen LogP) is 4.94. The van der Waals surface area contributed by atoms with E-state index in [2.05, 4.69) is 15.9 Å². The summed E-state index contributed by atoms with van der Waals surface area (Å²) in [4.78, 5) is 24.9. The van der Waals surface area contributed by atoms with E-state index in [0.717, 1.165) is 12.1 Å². The molecule has 0 saturated carbocycles. The monoisotopic (exact) mass is 477 g/mol. The molecule has 3 aromatic rings. The quantitative estimate of drug-likeness (QED) is 0.471. The van der Waals surface area contributed by atoms with E-state index in [4.69, 9.17) is 9.47 Å². The summed E-state index contributed by atoms with van der Waals surface area (Å²) in [5.74, 6) is -1.67. The first kappa shape index (κ1) is 21.7. The molecule has 1 aromatic heterocycles. The molecule has 0 atom stereocenters. The van der Waals surface area contributed by atoms with Gasteiger partial charge in [0.25, 0.3) is 5.56 Å². The van der Waals surface area contributed by atoms with Gasteiger partial charge in [0.15, 0.2) is 0 Å². The lowest BCUT2D eigenvalue weighted by molar-refractivity contribution is 0.0526. The van der Waals surface area contributed by atoms with Crippen molar-refractivity contribution in [3.63, 3.8) is 0 Å². The third-order valence-electron chi connectivity index (χ3n) is 4.31. The van der Waals surface area contributed by atoms with Crippen molar-refractivity contribution in [3.8, 4) is 11.4 Å². The topological polar surface area (TPSA) is 57.5 Å². The molecular formula is C22H18BrF2NO4. The Morgan fingerprint density at radius 3 is 2.60 bits per heavy atom. The van der Waals surface area contributed by atoms with Crippen LogP contribution >= 0.6 is 15.9 Å². The minimum Gasteiger partial charge on any atom is -0.487 e. The van der Waals surface area contributed by atoms with Crippen molar-refractivity contribution in [1.29, 1.82) is 0 Å². The van der Waals surface area contributed by atoms with Crippen molar-refractivity contribution in [1.82, 2.24) is 4.57 Å². The molecular weight excluding hydrogens is 460 g/mol. The number of nitrogens with zero attached hydrogens (tertiary/aromatic N) is 1. The zero-order valence-electron chi connectivity index (χ0n) is 16.2. The van der Waals surface area contributed by atoms with Gasteiger partial charge in [0.1, 0.15) is 28.5 Å². The summed E-state index contributed by atoms with van der Waals surface area (Å²) in [5, 5.41) is 0. The number of carbonyl (C=O) groups excluding carboxylic acids is 1. The van der Waals surface area contributed by atoms with E-state index in [0.29, 0.717) is 16.9 Å². The molecule has 0 spiro atoms. The molecule has 5 nitrogen and oxygen atoms in total. The highest BCUT2D eigenvalue weighted by Crippen LogP contribution is 2.25. The number of esters is 1. The number of carbonyl (C=O) groups is 1. The van der Waals surface area contributed by atoms with Crippen LogP contribution in [0.4, 0.5) is 8.78 Å². The lowest BCUT2D eigenvalue weighted by atomic mass is 10.2. The Labute approximate surface area is 180 Å². The highest BCUT2D eigenvalue weighted by Gasteiger charge is 2.16. The molecule has 0 aliphatic carbocycles. The summed E-state index contributed by atoms with van der Waals surface area (Å²) in [6.07, 6.45) is 0. The Kier molecular flexibility index (Phi) is 6.66. The van der Waals surface area contributed by atoms with Crippen LogP contribution in [0.15, 0.2) is 57.8 Å². The number of hydrogen-bond acceptors (Lipinski definition) is 4. The standard InChI is InChI=1S/C22H18BrF2NO4/c1-3-29-22(28)14-5-4-6-17(10-14)26-13(2)9-19(20(23)21(26)27)30-12-15-7-8-16(24)11-18(15)25/h4-11H,3,12H2,1-2H3. The number of rotatable bonds is 6. The molecule has 2 aromatic carbocycles. The van der Waals surface area contributed by atoms with Gasteiger partial charge in [0, 0.05) is 29.1 Å². The van der Waals surface area contributed by atoms with Crippen LogP contribution in [0, 0.1) is 18.6 Å². The van der Waals surface area contributed by atoms with Crippen LogP contribution in [0.25, 0.3) is 5.69 Å². The van der Waals surface area contributed by atoms with Crippen LogP contribution in [-0.4, -0.2) is 17.1 Å². The van der Waals surface area contributed by atoms with Crippen molar-refractivity contribution in [2.24, 2.45) is 0 Å². The third-order valence-corrected chi connectivity index (χ3v) is 5.04. The maximum Gasteiger partial charge on any atom is 0.338 e. The second-order valence-corrected chi connectivity index (χ2v) is 7.19. The lowest BCUT2D eigenvalue weighted by Crippen LogP contribution is -2.22. The van der Waals surface area contributed by atoms with Gasteiger partial charge in [0.2, 0.25) is 0 Å². The summed E-state index contributed by atoms with van der Waals surface area (Å²) >= 11 is 3.23. The van der Waals surface area contributed by atoms with E-state index in [1.807, 2.05) is 0 Å². The highest BCUT2D eigenvalue weighted by molar-refractivity contribution is 9.10. The van der Waals surface area contributed by atoms with Crippen molar-refractivity contribution in [2.75, 3.05) is 6.61 Å². The first-order chi connectivity index (χ1) is 14.3. The second-order valence-electron chi connectivity index (χ2n) is 6.40. The van der Waals surface area contributed by atoms with E-state index in [9.17, 15) is 18.4 Å². The van der Waals surface area contributed by atoms with Gasteiger partial charge in [0.05, 0.1) is 12.2 Å². The Morgan fingerprint density at radius 2 is 1.90 bits per heavy atom. The van der Waals surface area contributed by atoms with Crippen LogP contribution in [0.2, 0.25) is 0 Å². The summed E-state index contributed by atoms with van der Waals surface area (Å²) in [6, 6.07) is 11.3. The molecule has 0 radical (unpaired) electrons. The van der Waals surface area contributed by atoms with Crippen molar-refractivity contribution in [3.05, 3.63) is 91.8 Å². The number of aryl methyl sites for hydroxylation is 1. The van der Waals surface area contributed by atoms with Gasteiger partial charge in [-0.15, -0.1) is 0 Å². The minimum atomic E-state index is -0.730. The van der Waals surface area contributed by atoms with Crippen LogP contribution < -0.4 is 10.3 Å². The summed E-state index contributed by atoms with van der Waals surface area (Å²) in [5.41, 5.74) is 1.10. The number of aromatic nitrogens is 1. The maximum absolute atomic E-state index is 13.8. The molecule has 0 amide bonds. The van der Waals surface area contributed by atoms with E-state index in [1.54, 1.807) is 44.2 Å². The number of halogens is 3. The average Bonchev–Trinajstić information content (AvgIpc) is 2.71. The van der Waals surface area contributed by atoms with Crippen molar-refractivity contribution >= 4 is 21.9 Å². The lowest BCUT2D eigenvalue weighted by Gasteiger charge is -2.15. The predicted molar refractivity (Wildman–Crippen MR) is 111 cm³/mol. The Morgan fingerprint density at radius 1 is 1.13 bits per heavy atom. The average molecular weight is 478 g/mol. The first-order valence-electron chi connectivity index (χ1n) is 9.08. The Balaban J connectivity index is 1.93. The van der Waals surface area contributed by atoms with Gasteiger partial charge in [-0.05, 0) is 60.1 Å². The van der Waals surface area contributed by atoms with Gasteiger partial charge >= 0.3 is 5.97 Å². The number of ether oxygens (including phenoxy) is 2. The fraction of sp³-hybridized carbons (Fsp3) is 0.182. The van der Waals surface area contributed by atoms with Gasteiger partial charge in [-0.1, -0.05) is 6.07 Å². The molecule has 0 aliphatic heterocycles. The molecule has 1 heterocycles. The van der Waals surface area contributed by atoms with Gasteiger partial charge in [-0.3, -0.25) is 9.36 Å². The van der Waals surface area contributed by atoms with E-state index in [1.165, 1.54) is 10.6 Å². The minimum absolute atomic E-state index is 0.136. The number of benzene rings is 2. The molecule has 0 saturated heterocycles. The highest BCUT2D eigenvalue weighted by atomic mass is 79.9. The molecule has 0 bridgehead atoms. The summed E-state index contributed by atoms with van der Waals surface area (Å²) in [7, 11) is 0. The van der Waals surface area contributed by atoms with Crippen LogP contribution in [0.5, 0.6) is 5.75 Å². The zero-order valence-corrected chi connectivity index (χ0v) is 17.8. The molecule has 0 fully saturated rings. The third kappa shape index (κ3) is 4.59. The fourth-order valence-corrected chi connectivity index (χ4v) is 3.29. The zero-order chi connectivity index (χ0) is 21.8. The molecule has 30 heavy (non-hydrogen) atoms. The summed E-state index contributed by atoms with van der Waals surface area (Å²) in [6.45, 7) is 3.49. The van der Waals surface area contributed by atoms with Gasteiger partial charge in [-0.2, -0.15) is 0 Å². The molecule has 8 heteroatoms. The maximum atomic E-state index is 13.8. The SMILES string of the molecule is CCOC(=O)c1cccc(-n2c(C)cc(OCc3ccc(F)cc3F)c(Br)c2=O)c1. The number of pyridine rings is 1. The normalized spacial score (nSPS) is 10.7. The van der Waals surface area contributed by atoms with Crippen molar-refractivity contribution in [2.45, 2.75) is 20.5 Å². The van der Waals surface area contributed by atoms with Crippen LogP contribution in [0.1, 0.15) is 28.5 Å². The largest absolute Gasteiger partial charge is 0.487 e. The van der Waals surface area contributed by atoms with Crippen LogP contribution in [0.3, 0.4) is 0 Å². The number of hydrogen-bond donors (Lipinski definition) is 0. The van der Waals surface area contributed by atoms with E-state index < -0.39 is 23.2 Å². The molecule has 0 unspecified atom stereocenters.